The van der Waals surface area contributed by atoms with Gasteiger partial charge in [-0.1, -0.05) is 6.07 Å². The molecular formula is C17H24N2O3. The maximum Gasteiger partial charge on any atom is 0.254 e. The Balaban J connectivity index is 1.59. The number of carbonyl (C=O) groups excluding carboxylic acids is 1. The van der Waals surface area contributed by atoms with Crippen LogP contribution in [0.15, 0.2) is 24.3 Å². The van der Waals surface area contributed by atoms with Gasteiger partial charge in [-0.3, -0.25) is 4.79 Å². The van der Waals surface area contributed by atoms with Crippen LogP contribution in [-0.4, -0.2) is 68.3 Å². The van der Waals surface area contributed by atoms with Crippen LogP contribution >= 0.6 is 0 Å². The summed E-state index contributed by atoms with van der Waals surface area (Å²) in [5, 5.41) is 0. The third kappa shape index (κ3) is 3.78. The van der Waals surface area contributed by atoms with Crippen LogP contribution in [-0.2, 0) is 4.74 Å². The van der Waals surface area contributed by atoms with Crippen molar-refractivity contribution in [2.24, 2.45) is 0 Å². The van der Waals surface area contributed by atoms with E-state index in [1.165, 1.54) is 0 Å². The summed E-state index contributed by atoms with van der Waals surface area (Å²) in [4.78, 5) is 16.7. The van der Waals surface area contributed by atoms with Gasteiger partial charge in [-0.15, -0.1) is 0 Å². The van der Waals surface area contributed by atoms with Crippen molar-refractivity contribution in [3.8, 4) is 5.75 Å². The minimum absolute atomic E-state index is 0.0932. The van der Waals surface area contributed by atoms with Gasteiger partial charge in [0.05, 0.1) is 6.10 Å². The molecule has 1 aromatic carbocycles. The Hall–Kier alpha value is -1.59. The molecule has 5 nitrogen and oxygen atoms in total. The van der Waals surface area contributed by atoms with Gasteiger partial charge in [0.25, 0.3) is 5.91 Å². The molecule has 22 heavy (non-hydrogen) atoms. The smallest absolute Gasteiger partial charge is 0.254 e. The van der Waals surface area contributed by atoms with Crippen LogP contribution < -0.4 is 4.74 Å². The number of piperazine rings is 1. The van der Waals surface area contributed by atoms with Crippen LogP contribution in [0, 0.1) is 0 Å². The summed E-state index contributed by atoms with van der Waals surface area (Å²) in [6, 6.07) is 7.49. The van der Waals surface area contributed by atoms with Gasteiger partial charge in [0.1, 0.15) is 12.4 Å². The van der Waals surface area contributed by atoms with E-state index in [1.807, 2.05) is 29.2 Å². The lowest BCUT2D eigenvalue weighted by Crippen LogP contribution is -2.47. The van der Waals surface area contributed by atoms with Crippen LogP contribution in [0.3, 0.4) is 0 Å². The van der Waals surface area contributed by atoms with Gasteiger partial charge in [-0.2, -0.15) is 0 Å². The standard InChI is InChI=1S/C17H24N2O3/c1-18-7-9-19(10-8-18)17(20)14-4-2-5-15(12-14)22-13-16-6-3-11-21-16/h2,4-5,12,16H,3,6-11,13H2,1H3. The Morgan fingerprint density at radius 3 is 2.86 bits per heavy atom. The first-order valence-electron chi connectivity index (χ1n) is 8.04. The van der Waals surface area contributed by atoms with E-state index in [0.717, 1.165) is 51.4 Å². The number of benzene rings is 1. The van der Waals surface area contributed by atoms with E-state index in [4.69, 9.17) is 9.47 Å². The highest BCUT2D eigenvalue weighted by molar-refractivity contribution is 5.94. The van der Waals surface area contributed by atoms with E-state index in [0.29, 0.717) is 12.2 Å². The highest BCUT2D eigenvalue weighted by Gasteiger charge is 2.21. The van der Waals surface area contributed by atoms with Crippen LogP contribution in [0.4, 0.5) is 0 Å². The number of carbonyl (C=O) groups is 1. The molecule has 2 fully saturated rings. The lowest BCUT2D eigenvalue weighted by Gasteiger charge is -2.32. The topological polar surface area (TPSA) is 42.0 Å². The van der Waals surface area contributed by atoms with Crippen LogP contribution in [0.1, 0.15) is 23.2 Å². The number of hydrogen-bond acceptors (Lipinski definition) is 4. The summed E-state index contributed by atoms with van der Waals surface area (Å²) in [6.45, 7) is 4.83. The Morgan fingerprint density at radius 1 is 1.32 bits per heavy atom. The fourth-order valence-corrected chi connectivity index (χ4v) is 2.88. The van der Waals surface area contributed by atoms with Crippen LogP contribution in [0.5, 0.6) is 5.75 Å². The Bertz CT molecular complexity index is 506. The molecule has 1 aromatic rings. The van der Waals surface area contributed by atoms with Crippen molar-refractivity contribution in [3.05, 3.63) is 29.8 Å². The Kier molecular flexibility index (Phi) is 4.95. The van der Waals surface area contributed by atoms with Gasteiger partial charge in [0.2, 0.25) is 0 Å². The second-order valence-corrected chi connectivity index (χ2v) is 6.07. The molecule has 0 N–H and O–H groups in total. The molecule has 1 amide bonds. The lowest BCUT2D eigenvalue weighted by molar-refractivity contribution is 0.0656. The maximum absolute atomic E-state index is 12.5. The molecule has 2 heterocycles. The molecule has 0 spiro atoms. The molecule has 0 radical (unpaired) electrons. The maximum atomic E-state index is 12.5. The first kappa shape index (κ1) is 15.3. The Labute approximate surface area is 131 Å². The summed E-state index contributed by atoms with van der Waals surface area (Å²) < 4.78 is 11.3. The van der Waals surface area contributed by atoms with Crippen LogP contribution in [0.25, 0.3) is 0 Å². The largest absolute Gasteiger partial charge is 0.491 e. The fraction of sp³-hybridized carbons (Fsp3) is 0.588. The fourth-order valence-electron chi connectivity index (χ4n) is 2.88. The van der Waals surface area contributed by atoms with E-state index in [2.05, 4.69) is 11.9 Å². The zero-order valence-corrected chi connectivity index (χ0v) is 13.2. The summed E-state index contributed by atoms with van der Waals surface area (Å²) in [5.41, 5.74) is 0.703. The first-order chi connectivity index (χ1) is 10.7. The SMILES string of the molecule is CN1CCN(C(=O)c2cccc(OCC3CCCO3)c2)CC1. The number of ether oxygens (including phenoxy) is 2. The third-order valence-corrected chi connectivity index (χ3v) is 4.33. The second-order valence-electron chi connectivity index (χ2n) is 6.07. The van der Waals surface area contributed by atoms with E-state index in [1.54, 1.807) is 0 Å². The average Bonchev–Trinajstić information content (AvgIpc) is 3.07. The van der Waals surface area contributed by atoms with Gasteiger partial charge < -0.3 is 19.3 Å². The van der Waals surface area contributed by atoms with Gasteiger partial charge in [0.15, 0.2) is 0 Å². The number of nitrogens with zero attached hydrogens (tertiary/aromatic N) is 2. The molecule has 0 saturated carbocycles. The van der Waals surface area contributed by atoms with Gasteiger partial charge in [-0.05, 0) is 38.1 Å². The molecule has 0 aliphatic carbocycles. The molecule has 0 aromatic heterocycles. The molecular weight excluding hydrogens is 280 g/mol. The number of amides is 1. The van der Waals surface area contributed by atoms with E-state index >= 15 is 0 Å². The van der Waals surface area contributed by atoms with E-state index in [-0.39, 0.29) is 12.0 Å². The molecule has 2 saturated heterocycles. The molecule has 1 unspecified atom stereocenters. The first-order valence-corrected chi connectivity index (χ1v) is 8.04. The number of rotatable bonds is 4. The Morgan fingerprint density at radius 2 is 2.14 bits per heavy atom. The second kappa shape index (κ2) is 7.11. The minimum atomic E-state index is 0.0932. The lowest BCUT2D eigenvalue weighted by atomic mass is 10.1. The molecule has 2 aliphatic rings. The van der Waals surface area contributed by atoms with Crippen molar-refractivity contribution in [2.45, 2.75) is 18.9 Å². The predicted octanol–water partition coefficient (Wildman–Crippen LogP) is 1.63. The zero-order valence-electron chi connectivity index (χ0n) is 13.2. The summed E-state index contributed by atoms with van der Waals surface area (Å²) >= 11 is 0. The van der Waals surface area contributed by atoms with Crippen molar-refractivity contribution in [1.29, 1.82) is 0 Å². The summed E-state index contributed by atoms with van der Waals surface area (Å²) in [6.07, 6.45) is 2.35. The molecule has 120 valence electrons. The highest BCUT2D eigenvalue weighted by Crippen LogP contribution is 2.18. The monoisotopic (exact) mass is 304 g/mol. The molecule has 1 atom stereocenters. The summed E-state index contributed by atoms with van der Waals surface area (Å²) in [7, 11) is 2.08. The minimum Gasteiger partial charge on any atom is -0.491 e. The predicted molar refractivity (Wildman–Crippen MR) is 84.3 cm³/mol. The molecule has 0 bridgehead atoms. The molecule has 2 aliphatic heterocycles. The van der Waals surface area contributed by atoms with E-state index < -0.39 is 0 Å². The van der Waals surface area contributed by atoms with E-state index in [9.17, 15) is 4.79 Å². The van der Waals surface area contributed by atoms with Crippen LogP contribution in [0.2, 0.25) is 0 Å². The normalized spacial score (nSPS) is 22.8. The van der Waals surface area contributed by atoms with Crippen molar-refractivity contribution in [3.63, 3.8) is 0 Å². The van der Waals surface area contributed by atoms with Crippen molar-refractivity contribution < 1.29 is 14.3 Å². The van der Waals surface area contributed by atoms with Gasteiger partial charge >= 0.3 is 0 Å². The molecule has 3 rings (SSSR count). The van der Waals surface area contributed by atoms with Gasteiger partial charge in [-0.25, -0.2) is 0 Å². The average molecular weight is 304 g/mol. The van der Waals surface area contributed by atoms with Crippen molar-refractivity contribution >= 4 is 5.91 Å². The third-order valence-electron chi connectivity index (χ3n) is 4.33. The van der Waals surface area contributed by atoms with Crippen molar-refractivity contribution in [2.75, 3.05) is 46.4 Å². The van der Waals surface area contributed by atoms with Gasteiger partial charge in [0, 0.05) is 38.3 Å². The molecule has 5 heteroatoms. The van der Waals surface area contributed by atoms with Crippen molar-refractivity contribution in [1.82, 2.24) is 9.80 Å². The zero-order chi connectivity index (χ0) is 15.4. The number of likely N-dealkylation sites (N-methyl/N-ethyl adjacent to an activating group) is 1. The summed E-state index contributed by atoms with van der Waals surface area (Å²) in [5.74, 6) is 0.839. The highest BCUT2D eigenvalue weighted by atomic mass is 16.5. The number of hydrogen-bond donors (Lipinski definition) is 0. The quantitative estimate of drug-likeness (QED) is 0.848.